The van der Waals surface area contributed by atoms with Gasteiger partial charge in [0.05, 0.1) is 4.90 Å². The highest BCUT2D eigenvalue weighted by atomic mass is 32.2. The number of benzene rings is 2. The predicted octanol–water partition coefficient (Wildman–Crippen LogP) is 2.93. The average molecular weight is 432 g/mol. The number of nitrogens with one attached hydrogen (secondary N) is 3. The van der Waals surface area contributed by atoms with E-state index in [0.29, 0.717) is 25.1 Å². The van der Waals surface area contributed by atoms with E-state index in [2.05, 4.69) is 15.0 Å². The lowest BCUT2D eigenvalue weighted by atomic mass is 10.1. The summed E-state index contributed by atoms with van der Waals surface area (Å²) >= 11 is 1.57. The lowest BCUT2D eigenvalue weighted by Gasteiger charge is -2.18. The molecule has 3 aromatic rings. The molecule has 154 valence electrons. The molecule has 2 aromatic carbocycles. The van der Waals surface area contributed by atoms with Crippen LogP contribution < -0.4 is 10.0 Å². The lowest BCUT2D eigenvalue weighted by Crippen LogP contribution is -2.47. The number of hydrogen-bond acceptors (Lipinski definition) is 4. The van der Waals surface area contributed by atoms with E-state index in [0.717, 1.165) is 16.5 Å². The van der Waals surface area contributed by atoms with Crippen LogP contribution in [-0.2, 0) is 21.2 Å². The Hall–Kier alpha value is -2.29. The maximum atomic E-state index is 12.7. The summed E-state index contributed by atoms with van der Waals surface area (Å²) in [5.41, 5.74) is 2.17. The van der Waals surface area contributed by atoms with Gasteiger partial charge in [0.2, 0.25) is 15.9 Å². The summed E-state index contributed by atoms with van der Waals surface area (Å²) in [7, 11) is -3.76. The van der Waals surface area contributed by atoms with Gasteiger partial charge in [-0.15, -0.1) is 0 Å². The zero-order valence-electron chi connectivity index (χ0n) is 16.2. The molecule has 0 aliphatic rings. The number of fused-ring (bicyclic) bond motifs is 1. The standard InChI is InChI=1S/C21H25N3O3S2/c1-28-14-12-20(24-29(26,27)17-7-3-2-4-8-17)21(25)22-13-11-16-15-23-19-10-6-5-9-18(16)19/h2-10,15,20,23-24H,11-14H2,1H3,(H,22,25). The van der Waals surface area contributed by atoms with E-state index in [1.165, 1.54) is 12.1 Å². The topological polar surface area (TPSA) is 91.1 Å². The van der Waals surface area contributed by atoms with E-state index < -0.39 is 16.1 Å². The molecule has 3 N–H and O–H groups in total. The van der Waals surface area contributed by atoms with Crippen molar-refractivity contribution in [2.24, 2.45) is 0 Å². The molecular weight excluding hydrogens is 406 g/mol. The molecule has 0 saturated carbocycles. The summed E-state index contributed by atoms with van der Waals surface area (Å²) in [5.74, 6) is 0.371. The van der Waals surface area contributed by atoms with Gasteiger partial charge in [0.25, 0.3) is 0 Å². The highest BCUT2D eigenvalue weighted by molar-refractivity contribution is 7.98. The molecule has 6 nitrogen and oxygen atoms in total. The van der Waals surface area contributed by atoms with Crippen LogP contribution >= 0.6 is 11.8 Å². The Balaban J connectivity index is 1.63. The monoisotopic (exact) mass is 431 g/mol. The fourth-order valence-corrected chi connectivity index (χ4v) is 4.84. The number of sulfonamides is 1. The van der Waals surface area contributed by atoms with Gasteiger partial charge >= 0.3 is 0 Å². The Morgan fingerprint density at radius 1 is 1.10 bits per heavy atom. The van der Waals surface area contributed by atoms with Gasteiger partial charge in [-0.1, -0.05) is 36.4 Å². The molecule has 1 heterocycles. The zero-order chi connectivity index (χ0) is 20.7. The number of aromatic nitrogens is 1. The second-order valence-corrected chi connectivity index (χ2v) is 9.37. The Bertz CT molecular complexity index is 1050. The summed E-state index contributed by atoms with van der Waals surface area (Å²) in [4.78, 5) is 16.1. The van der Waals surface area contributed by atoms with Gasteiger partial charge in [0.1, 0.15) is 6.04 Å². The number of aromatic amines is 1. The van der Waals surface area contributed by atoms with Crippen LogP contribution in [0.4, 0.5) is 0 Å². The van der Waals surface area contributed by atoms with Crippen LogP contribution in [0.25, 0.3) is 10.9 Å². The molecule has 29 heavy (non-hydrogen) atoms. The first-order valence-electron chi connectivity index (χ1n) is 9.40. The van der Waals surface area contributed by atoms with Crippen molar-refractivity contribution in [2.75, 3.05) is 18.6 Å². The van der Waals surface area contributed by atoms with Gasteiger partial charge in [-0.2, -0.15) is 16.5 Å². The maximum absolute atomic E-state index is 12.7. The zero-order valence-corrected chi connectivity index (χ0v) is 17.9. The van der Waals surface area contributed by atoms with E-state index >= 15 is 0 Å². The van der Waals surface area contributed by atoms with Crippen LogP contribution in [0.15, 0.2) is 65.7 Å². The molecule has 0 aliphatic carbocycles. The summed E-state index contributed by atoms with van der Waals surface area (Å²) in [6.07, 6.45) is 4.96. The average Bonchev–Trinajstić information content (AvgIpc) is 3.15. The summed E-state index contributed by atoms with van der Waals surface area (Å²) in [6.45, 7) is 0.434. The van der Waals surface area contributed by atoms with Gasteiger partial charge in [-0.25, -0.2) is 8.42 Å². The largest absolute Gasteiger partial charge is 0.361 e. The van der Waals surface area contributed by atoms with Crippen molar-refractivity contribution >= 4 is 38.6 Å². The number of carbonyl (C=O) groups excluding carboxylic acids is 1. The van der Waals surface area contributed by atoms with Gasteiger partial charge in [0.15, 0.2) is 0 Å². The number of H-pyrrole nitrogens is 1. The third kappa shape index (κ3) is 5.62. The van der Waals surface area contributed by atoms with E-state index in [-0.39, 0.29) is 10.8 Å². The molecule has 1 amide bonds. The molecular formula is C21H25N3O3S2. The minimum atomic E-state index is -3.76. The van der Waals surface area contributed by atoms with Crippen LogP contribution in [0.1, 0.15) is 12.0 Å². The van der Waals surface area contributed by atoms with Crippen molar-refractivity contribution in [3.05, 3.63) is 66.4 Å². The van der Waals surface area contributed by atoms with Crippen molar-refractivity contribution in [1.82, 2.24) is 15.0 Å². The smallest absolute Gasteiger partial charge is 0.241 e. The van der Waals surface area contributed by atoms with Gasteiger partial charge in [-0.3, -0.25) is 4.79 Å². The van der Waals surface area contributed by atoms with E-state index in [9.17, 15) is 13.2 Å². The van der Waals surface area contributed by atoms with Crippen LogP contribution in [0.5, 0.6) is 0 Å². The quantitative estimate of drug-likeness (QED) is 0.460. The van der Waals surface area contributed by atoms with Crippen molar-refractivity contribution in [3.63, 3.8) is 0 Å². The maximum Gasteiger partial charge on any atom is 0.241 e. The summed E-state index contributed by atoms with van der Waals surface area (Å²) < 4.78 is 27.8. The molecule has 3 rings (SSSR count). The first-order chi connectivity index (χ1) is 14.0. The fraction of sp³-hybridized carbons (Fsp3) is 0.286. The fourth-order valence-electron chi connectivity index (χ4n) is 3.12. The third-order valence-corrected chi connectivity index (χ3v) is 6.78. The minimum Gasteiger partial charge on any atom is -0.361 e. The number of para-hydroxylation sites is 1. The first kappa shape index (κ1) is 21.4. The molecule has 0 spiro atoms. The van der Waals surface area contributed by atoms with E-state index in [1.54, 1.807) is 30.0 Å². The first-order valence-corrected chi connectivity index (χ1v) is 12.3. The Morgan fingerprint density at radius 3 is 2.59 bits per heavy atom. The highest BCUT2D eigenvalue weighted by Gasteiger charge is 2.25. The van der Waals surface area contributed by atoms with Crippen molar-refractivity contribution < 1.29 is 13.2 Å². The van der Waals surface area contributed by atoms with Crippen molar-refractivity contribution in [1.29, 1.82) is 0 Å². The van der Waals surface area contributed by atoms with Crippen LogP contribution in [0.3, 0.4) is 0 Å². The Kier molecular flexibility index (Phi) is 7.35. The second kappa shape index (κ2) is 9.96. The molecule has 0 radical (unpaired) electrons. The number of thioether (sulfide) groups is 1. The van der Waals surface area contributed by atoms with Gasteiger partial charge in [0, 0.05) is 23.6 Å². The van der Waals surface area contributed by atoms with Crippen molar-refractivity contribution in [2.45, 2.75) is 23.8 Å². The van der Waals surface area contributed by atoms with Gasteiger partial charge in [-0.05, 0) is 48.6 Å². The Labute approximate surface area is 175 Å². The summed E-state index contributed by atoms with van der Waals surface area (Å²) in [5, 5.41) is 4.01. The number of rotatable bonds is 10. The second-order valence-electron chi connectivity index (χ2n) is 6.67. The minimum absolute atomic E-state index is 0.153. The van der Waals surface area contributed by atoms with Crippen LogP contribution in [0.2, 0.25) is 0 Å². The van der Waals surface area contributed by atoms with Crippen molar-refractivity contribution in [3.8, 4) is 0 Å². The number of carbonyl (C=O) groups is 1. The van der Waals surface area contributed by atoms with Crippen LogP contribution in [-0.4, -0.2) is 43.9 Å². The van der Waals surface area contributed by atoms with Gasteiger partial charge < -0.3 is 10.3 Å². The molecule has 1 unspecified atom stereocenters. The molecule has 0 aliphatic heterocycles. The number of amides is 1. The predicted molar refractivity (Wildman–Crippen MR) is 119 cm³/mol. The Morgan fingerprint density at radius 2 is 1.83 bits per heavy atom. The summed E-state index contributed by atoms with van der Waals surface area (Å²) in [6, 6.07) is 15.3. The highest BCUT2D eigenvalue weighted by Crippen LogP contribution is 2.17. The molecule has 8 heteroatoms. The lowest BCUT2D eigenvalue weighted by molar-refractivity contribution is -0.122. The van der Waals surface area contributed by atoms with E-state index in [1.807, 2.05) is 36.7 Å². The molecule has 1 aromatic heterocycles. The number of hydrogen-bond donors (Lipinski definition) is 3. The molecule has 0 bridgehead atoms. The SMILES string of the molecule is CSCCC(NS(=O)(=O)c1ccccc1)C(=O)NCCc1c[nH]c2ccccc12. The molecule has 0 fully saturated rings. The molecule has 0 saturated heterocycles. The third-order valence-electron chi connectivity index (χ3n) is 4.65. The normalized spacial score (nSPS) is 12.7. The molecule has 1 atom stereocenters. The van der Waals surface area contributed by atoms with Crippen LogP contribution in [0, 0.1) is 0 Å². The van der Waals surface area contributed by atoms with E-state index in [4.69, 9.17) is 0 Å².